The Morgan fingerprint density at radius 1 is 0.873 bits per heavy atom. The van der Waals surface area contributed by atoms with Crippen molar-refractivity contribution in [2.75, 3.05) is 35.6 Å². The number of nitrogens with one attached hydrogen (secondary N) is 4. The molecule has 0 saturated heterocycles. The average molecular weight is 829 g/mol. The van der Waals surface area contributed by atoms with Gasteiger partial charge in [0.2, 0.25) is 10.0 Å². The van der Waals surface area contributed by atoms with E-state index in [-0.39, 0.29) is 54.5 Å². The van der Waals surface area contributed by atoms with E-state index in [4.69, 9.17) is 27.9 Å². The Morgan fingerprint density at radius 3 is 2.18 bits per heavy atom. The lowest BCUT2D eigenvalue weighted by Crippen LogP contribution is -2.36. The fourth-order valence-corrected chi connectivity index (χ4v) is 7.51. The van der Waals surface area contributed by atoms with Gasteiger partial charge in [0.25, 0.3) is 21.5 Å². The smallest absolute Gasteiger partial charge is 0.326 e. The molecule has 19 heteroatoms. The molecule has 0 radical (unpaired) electrons. The zero-order chi connectivity index (χ0) is 40.1. The number of anilines is 3. The molecule has 4 aromatic carbocycles. The van der Waals surface area contributed by atoms with Crippen molar-refractivity contribution in [3.63, 3.8) is 0 Å². The molecule has 1 amide bonds. The van der Waals surface area contributed by atoms with E-state index >= 15 is 0 Å². The van der Waals surface area contributed by atoms with Crippen LogP contribution >= 0.6 is 23.2 Å². The summed E-state index contributed by atoms with van der Waals surface area (Å²) in [5.41, 5.74) is 0.505. The van der Waals surface area contributed by atoms with Crippen LogP contribution in [-0.2, 0) is 40.9 Å². The lowest BCUT2D eigenvalue weighted by molar-refractivity contribution is -0.143. The van der Waals surface area contributed by atoms with Gasteiger partial charge in [-0.25, -0.2) is 31.5 Å². The molecule has 5 aromatic rings. The van der Waals surface area contributed by atoms with Gasteiger partial charge in [0.1, 0.15) is 6.54 Å². The summed E-state index contributed by atoms with van der Waals surface area (Å²) >= 11 is 12.7. The first-order valence-electron chi connectivity index (χ1n) is 16.5. The first-order valence-corrected chi connectivity index (χ1v) is 20.3. The summed E-state index contributed by atoms with van der Waals surface area (Å²) in [4.78, 5) is 49.7. The number of carbonyl (C=O) groups is 2. The first kappa shape index (κ1) is 40.8. The van der Waals surface area contributed by atoms with Crippen LogP contribution in [0.15, 0.2) is 98.4 Å². The number of esters is 1. The second-order valence-corrected chi connectivity index (χ2v) is 16.1. The fraction of sp³-hybridized carbons (Fsp3) is 0.194. The van der Waals surface area contributed by atoms with Crippen molar-refractivity contribution in [3.8, 4) is 0 Å². The van der Waals surface area contributed by atoms with Gasteiger partial charge in [0.15, 0.2) is 11.5 Å². The van der Waals surface area contributed by atoms with E-state index in [0.29, 0.717) is 17.8 Å². The van der Waals surface area contributed by atoms with Crippen LogP contribution in [-0.4, -0.2) is 64.2 Å². The van der Waals surface area contributed by atoms with E-state index in [1.165, 1.54) is 31.3 Å². The predicted octanol–water partition coefficient (Wildman–Crippen LogP) is 5.48. The quantitative estimate of drug-likeness (QED) is 0.0820. The number of ether oxygens (including phenoxy) is 1. The molecule has 55 heavy (non-hydrogen) atoms. The number of sulfonamides is 2. The largest absolute Gasteiger partial charge is 0.465 e. The molecular weight excluding hydrogens is 793 g/mol. The van der Waals surface area contributed by atoms with Gasteiger partial charge < -0.3 is 15.4 Å². The number of nitrogens with zero attached hydrogens (tertiary/aromatic N) is 3. The Hall–Kier alpha value is -5.33. The van der Waals surface area contributed by atoms with Crippen molar-refractivity contribution in [1.29, 1.82) is 0 Å². The van der Waals surface area contributed by atoms with Crippen LogP contribution < -0.4 is 25.6 Å². The summed E-state index contributed by atoms with van der Waals surface area (Å²) < 4.78 is 62.4. The Labute approximate surface area is 326 Å². The Morgan fingerprint density at radius 2 is 1.53 bits per heavy atom. The maximum absolute atomic E-state index is 14.4. The van der Waals surface area contributed by atoms with Crippen LogP contribution in [0.1, 0.15) is 25.2 Å². The molecule has 0 aliphatic carbocycles. The number of aromatic nitrogens is 2. The van der Waals surface area contributed by atoms with E-state index < -0.39 is 49.7 Å². The molecular formula is C36H35Cl2N7O8S2. The maximum atomic E-state index is 14.4. The van der Waals surface area contributed by atoms with E-state index in [1.807, 2.05) is 13.0 Å². The van der Waals surface area contributed by atoms with Crippen molar-refractivity contribution in [3.05, 3.63) is 111 Å². The van der Waals surface area contributed by atoms with Gasteiger partial charge in [-0.1, -0.05) is 35.3 Å². The van der Waals surface area contributed by atoms with Crippen LogP contribution in [0.3, 0.4) is 0 Å². The summed E-state index contributed by atoms with van der Waals surface area (Å²) in [7, 11) is -7.22. The van der Waals surface area contributed by atoms with Crippen LogP contribution in [0.25, 0.3) is 10.9 Å². The number of hydrogen-bond donors (Lipinski definition) is 4. The third-order valence-corrected chi connectivity index (χ3v) is 11.4. The number of aryl methyl sites for hydroxylation is 1. The summed E-state index contributed by atoms with van der Waals surface area (Å²) in [6.45, 7) is 5.38. The molecule has 15 nitrogen and oxygen atoms in total. The van der Waals surface area contributed by atoms with Gasteiger partial charge in [-0.3, -0.25) is 23.7 Å². The SMILES string of the molecule is CCNc1ccc(N=C(C(=O)Nc2cc(S(=O)(=O)Nc3cc(S(=O)(=O)NC)ccc3Cl)ccc2Cl)c2nc3ccccc3c(=O)n2CC(=O)OCC)c(C)c1. The molecule has 0 aliphatic heterocycles. The minimum absolute atomic E-state index is 0.0298. The van der Waals surface area contributed by atoms with Crippen LogP contribution in [0.2, 0.25) is 10.0 Å². The monoisotopic (exact) mass is 827 g/mol. The molecule has 288 valence electrons. The van der Waals surface area contributed by atoms with Crippen molar-refractivity contribution >= 4 is 94.5 Å². The predicted molar refractivity (Wildman–Crippen MR) is 213 cm³/mol. The normalized spacial score (nSPS) is 12.0. The highest BCUT2D eigenvalue weighted by atomic mass is 35.5. The number of fused-ring (bicyclic) bond motifs is 1. The summed E-state index contributed by atoms with van der Waals surface area (Å²) in [6, 6.07) is 18.5. The summed E-state index contributed by atoms with van der Waals surface area (Å²) in [5, 5.41) is 5.79. The Bertz CT molecular complexity index is 2630. The lowest BCUT2D eigenvalue weighted by atomic mass is 10.1. The number of rotatable bonds is 14. The van der Waals surface area contributed by atoms with E-state index in [0.717, 1.165) is 28.5 Å². The number of para-hydroxylation sites is 1. The molecule has 0 aliphatic rings. The lowest BCUT2D eigenvalue weighted by Gasteiger charge is -2.16. The number of halogens is 2. The highest BCUT2D eigenvalue weighted by molar-refractivity contribution is 7.92. The van der Waals surface area contributed by atoms with Crippen molar-refractivity contribution in [2.24, 2.45) is 4.99 Å². The molecule has 0 saturated carbocycles. The topological polar surface area (TPSA) is 207 Å². The standard InChI is InChI=1S/C36H35Cl2N7O8S2/c1-5-40-22-11-16-28(21(3)17-22)41-33(34-42-29-10-8-7-9-25(29)36(48)45(34)20-32(46)53-6-2)35(47)43-30-18-24(13-14-26(30)37)55(51,52)44-31-19-23(12-15-27(31)38)54(49,50)39-4/h7-19,39-40,44H,5-6,20H2,1-4H3,(H,43,47). The van der Waals surface area contributed by atoms with Gasteiger partial charge in [-0.05, 0) is 100 Å². The number of benzene rings is 4. The highest BCUT2D eigenvalue weighted by Crippen LogP contribution is 2.31. The van der Waals surface area contributed by atoms with Crippen LogP contribution in [0, 0.1) is 6.92 Å². The number of carbonyl (C=O) groups excluding carboxylic acids is 2. The highest BCUT2D eigenvalue weighted by Gasteiger charge is 2.26. The van der Waals surface area contributed by atoms with E-state index in [9.17, 15) is 31.2 Å². The first-order chi connectivity index (χ1) is 26.1. The molecule has 4 N–H and O–H groups in total. The van der Waals surface area contributed by atoms with E-state index in [1.54, 1.807) is 44.2 Å². The third-order valence-electron chi connectivity index (χ3n) is 7.95. The third kappa shape index (κ3) is 9.32. The Balaban J connectivity index is 1.63. The van der Waals surface area contributed by atoms with E-state index in [2.05, 4.69) is 30.1 Å². The Kier molecular flexibility index (Phi) is 12.6. The van der Waals surface area contributed by atoms with Gasteiger partial charge in [0, 0.05) is 12.2 Å². The van der Waals surface area contributed by atoms with Crippen molar-refractivity contribution in [1.82, 2.24) is 14.3 Å². The molecule has 5 rings (SSSR count). The average Bonchev–Trinajstić information content (AvgIpc) is 3.14. The minimum atomic E-state index is -4.48. The fourth-order valence-electron chi connectivity index (χ4n) is 5.27. The number of hydrogen-bond acceptors (Lipinski definition) is 11. The molecule has 1 heterocycles. The number of amides is 1. The number of aliphatic imine (C=N–C) groups is 1. The second kappa shape index (κ2) is 17.0. The molecule has 0 fully saturated rings. The zero-order valence-corrected chi connectivity index (χ0v) is 33.0. The minimum Gasteiger partial charge on any atom is -0.465 e. The molecule has 0 spiro atoms. The van der Waals surface area contributed by atoms with Crippen LogP contribution in [0.5, 0.6) is 0 Å². The van der Waals surface area contributed by atoms with Gasteiger partial charge >= 0.3 is 5.97 Å². The molecule has 0 unspecified atom stereocenters. The zero-order valence-electron chi connectivity index (χ0n) is 29.8. The van der Waals surface area contributed by atoms with Crippen LogP contribution in [0.4, 0.5) is 22.7 Å². The molecule has 0 atom stereocenters. The van der Waals surface area contributed by atoms with Gasteiger partial charge in [-0.2, -0.15) is 0 Å². The molecule has 0 bridgehead atoms. The van der Waals surface area contributed by atoms with Gasteiger partial charge in [-0.15, -0.1) is 0 Å². The maximum Gasteiger partial charge on any atom is 0.326 e. The van der Waals surface area contributed by atoms with Crippen molar-refractivity contribution in [2.45, 2.75) is 37.1 Å². The van der Waals surface area contributed by atoms with Crippen molar-refractivity contribution < 1.29 is 31.2 Å². The second-order valence-electron chi connectivity index (χ2n) is 11.7. The van der Waals surface area contributed by atoms with Gasteiger partial charge in [0.05, 0.1) is 54.4 Å². The summed E-state index contributed by atoms with van der Waals surface area (Å²) in [6.07, 6.45) is 0. The summed E-state index contributed by atoms with van der Waals surface area (Å²) in [5.74, 6) is -2.01. The molecule has 1 aromatic heterocycles.